The number of morpholine rings is 1. The molecule has 1 aliphatic heterocycles. The minimum absolute atomic E-state index is 0.400. The number of ether oxygens (including phenoxy) is 1. The lowest BCUT2D eigenvalue weighted by molar-refractivity contribution is -0.0482. The van der Waals surface area contributed by atoms with Crippen LogP contribution in [0.5, 0.6) is 0 Å². The third-order valence-electron chi connectivity index (χ3n) is 4.63. The summed E-state index contributed by atoms with van der Waals surface area (Å²) in [5.74, 6) is 1.01. The molecule has 0 aromatic heterocycles. The quantitative estimate of drug-likeness (QED) is 0.814. The van der Waals surface area contributed by atoms with Gasteiger partial charge in [-0.2, -0.15) is 0 Å². The summed E-state index contributed by atoms with van der Waals surface area (Å²) in [6.07, 6.45) is 8.93. The summed E-state index contributed by atoms with van der Waals surface area (Å²) >= 11 is 0. The Morgan fingerprint density at radius 3 is 2.67 bits per heavy atom. The standard InChI is InChI=1S/C15H30N2O/c1-3-4-13-5-7-14(8-6-13)17-9-10-18-15(12-17)11-16-2/h13-16H,3-12H2,1-2H3. The molecule has 1 saturated heterocycles. The van der Waals surface area contributed by atoms with Crippen molar-refractivity contribution in [3.8, 4) is 0 Å². The number of hydrogen-bond acceptors (Lipinski definition) is 3. The van der Waals surface area contributed by atoms with Crippen LogP contribution < -0.4 is 5.32 Å². The smallest absolute Gasteiger partial charge is 0.0826 e. The maximum Gasteiger partial charge on any atom is 0.0826 e. The molecule has 1 N–H and O–H groups in total. The molecule has 1 atom stereocenters. The number of hydrogen-bond donors (Lipinski definition) is 1. The topological polar surface area (TPSA) is 24.5 Å². The van der Waals surface area contributed by atoms with E-state index in [4.69, 9.17) is 4.74 Å². The van der Waals surface area contributed by atoms with E-state index in [0.717, 1.165) is 38.2 Å². The molecule has 18 heavy (non-hydrogen) atoms. The molecule has 3 nitrogen and oxygen atoms in total. The Morgan fingerprint density at radius 1 is 1.22 bits per heavy atom. The first kappa shape index (κ1) is 14.3. The van der Waals surface area contributed by atoms with Crippen molar-refractivity contribution in [1.82, 2.24) is 10.2 Å². The highest BCUT2D eigenvalue weighted by molar-refractivity contribution is 4.83. The highest BCUT2D eigenvalue weighted by Gasteiger charge is 2.29. The van der Waals surface area contributed by atoms with Gasteiger partial charge in [0.25, 0.3) is 0 Å². The zero-order valence-electron chi connectivity index (χ0n) is 12.2. The summed E-state index contributed by atoms with van der Waals surface area (Å²) in [6, 6.07) is 0.835. The summed E-state index contributed by atoms with van der Waals surface area (Å²) in [4.78, 5) is 2.69. The zero-order chi connectivity index (χ0) is 12.8. The molecule has 3 heteroatoms. The fraction of sp³-hybridized carbons (Fsp3) is 1.00. The molecule has 2 aliphatic rings. The lowest BCUT2D eigenvalue weighted by atomic mass is 9.83. The van der Waals surface area contributed by atoms with Gasteiger partial charge in [0, 0.05) is 25.7 Å². The molecule has 1 saturated carbocycles. The number of nitrogens with zero attached hydrogens (tertiary/aromatic N) is 1. The zero-order valence-corrected chi connectivity index (χ0v) is 12.2. The number of nitrogens with one attached hydrogen (secondary N) is 1. The molecule has 0 radical (unpaired) electrons. The van der Waals surface area contributed by atoms with Gasteiger partial charge in [0.1, 0.15) is 0 Å². The molecule has 1 aliphatic carbocycles. The molecule has 0 aromatic rings. The van der Waals surface area contributed by atoms with Gasteiger partial charge in [0.2, 0.25) is 0 Å². The third kappa shape index (κ3) is 3.94. The van der Waals surface area contributed by atoms with Crippen molar-refractivity contribution in [2.24, 2.45) is 5.92 Å². The van der Waals surface area contributed by atoms with Crippen LogP contribution in [-0.2, 0) is 4.74 Å². The van der Waals surface area contributed by atoms with Crippen LogP contribution >= 0.6 is 0 Å². The van der Waals surface area contributed by atoms with Gasteiger partial charge in [-0.25, -0.2) is 0 Å². The Morgan fingerprint density at radius 2 is 2.00 bits per heavy atom. The third-order valence-corrected chi connectivity index (χ3v) is 4.63. The summed E-state index contributed by atoms with van der Waals surface area (Å²) in [7, 11) is 2.01. The summed E-state index contributed by atoms with van der Waals surface area (Å²) in [5, 5.41) is 3.23. The summed E-state index contributed by atoms with van der Waals surface area (Å²) in [5.41, 5.74) is 0. The van der Waals surface area contributed by atoms with Gasteiger partial charge in [0.05, 0.1) is 12.7 Å². The molecule has 0 aromatic carbocycles. The van der Waals surface area contributed by atoms with Gasteiger partial charge in [-0.1, -0.05) is 19.8 Å². The lowest BCUT2D eigenvalue weighted by Gasteiger charge is -2.41. The second-order valence-electron chi connectivity index (χ2n) is 6.01. The minimum Gasteiger partial charge on any atom is -0.374 e. The van der Waals surface area contributed by atoms with Gasteiger partial charge >= 0.3 is 0 Å². The van der Waals surface area contributed by atoms with Crippen molar-refractivity contribution < 1.29 is 4.74 Å². The van der Waals surface area contributed by atoms with Crippen molar-refractivity contribution in [2.75, 3.05) is 33.3 Å². The van der Waals surface area contributed by atoms with Crippen LogP contribution in [0.2, 0.25) is 0 Å². The van der Waals surface area contributed by atoms with E-state index in [1.165, 1.54) is 38.5 Å². The van der Waals surface area contributed by atoms with Crippen molar-refractivity contribution >= 4 is 0 Å². The molecular weight excluding hydrogens is 224 g/mol. The Bertz CT molecular complexity index is 225. The first-order valence-corrected chi connectivity index (χ1v) is 7.83. The second-order valence-corrected chi connectivity index (χ2v) is 6.01. The number of rotatable bonds is 5. The van der Waals surface area contributed by atoms with E-state index in [9.17, 15) is 0 Å². The molecule has 2 rings (SSSR count). The predicted octanol–water partition coefficient (Wildman–Crippen LogP) is 2.27. The Kier molecular flexibility index (Phi) is 5.93. The van der Waals surface area contributed by atoms with Gasteiger partial charge in [-0.15, -0.1) is 0 Å². The average molecular weight is 254 g/mol. The van der Waals surface area contributed by atoms with Crippen molar-refractivity contribution in [3.63, 3.8) is 0 Å². The van der Waals surface area contributed by atoms with Crippen molar-refractivity contribution in [3.05, 3.63) is 0 Å². The highest BCUT2D eigenvalue weighted by Crippen LogP contribution is 2.31. The fourth-order valence-electron chi connectivity index (χ4n) is 3.63. The normalized spacial score (nSPS) is 34.7. The maximum atomic E-state index is 5.79. The van der Waals surface area contributed by atoms with E-state index in [2.05, 4.69) is 17.1 Å². The highest BCUT2D eigenvalue weighted by atomic mass is 16.5. The first-order valence-electron chi connectivity index (χ1n) is 7.83. The fourth-order valence-corrected chi connectivity index (χ4v) is 3.63. The molecule has 1 heterocycles. The Labute approximate surface area is 112 Å². The molecule has 0 bridgehead atoms. The van der Waals surface area contributed by atoms with Crippen LogP contribution in [0.4, 0.5) is 0 Å². The molecule has 0 spiro atoms. The van der Waals surface area contributed by atoms with E-state index >= 15 is 0 Å². The predicted molar refractivity (Wildman–Crippen MR) is 75.9 cm³/mol. The van der Waals surface area contributed by atoms with Crippen LogP contribution in [0.3, 0.4) is 0 Å². The van der Waals surface area contributed by atoms with Crippen molar-refractivity contribution in [2.45, 2.75) is 57.6 Å². The van der Waals surface area contributed by atoms with Crippen LogP contribution in [0, 0.1) is 5.92 Å². The largest absolute Gasteiger partial charge is 0.374 e. The summed E-state index contributed by atoms with van der Waals surface area (Å²) in [6.45, 7) is 6.49. The SMILES string of the molecule is CCCC1CCC(N2CCOC(CNC)C2)CC1. The molecular formula is C15H30N2O. The van der Waals surface area contributed by atoms with Crippen molar-refractivity contribution in [1.29, 1.82) is 0 Å². The second kappa shape index (κ2) is 7.46. The molecule has 1 unspecified atom stereocenters. The van der Waals surface area contributed by atoms with Crippen LogP contribution in [0.25, 0.3) is 0 Å². The van der Waals surface area contributed by atoms with Gasteiger partial charge < -0.3 is 10.1 Å². The van der Waals surface area contributed by atoms with Gasteiger partial charge in [0.15, 0.2) is 0 Å². The monoisotopic (exact) mass is 254 g/mol. The van der Waals surface area contributed by atoms with Crippen LogP contribution in [0.15, 0.2) is 0 Å². The molecule has 0 amide bonds. The van der Waals surface area contributed by atoms with E-state index in [-0.39, 0.29) is 0 Å². The van der Waals surface area contributed by atoms with E-state index < -0.39 is 0 Å². The molecule has 106 valence electrons. The Balaban J connectivity index is 1.75. The minimum atomic E-state index is 0.400. The number of likely N-dealkylation sites (N-methyl/N-ethyl adjacent to an activating group) is 1. The van der Waals surface area contributed by atoms with Gasteiger partial charge in [-0.3, -0.25) is 4.90 Å². The first-order chi connectivity index (χ1) is 8.83. The molecule has 2 fully saturated rings. The van der Waals surface area contributed by atoms with E-state index in [1.54, 1.807) is 0 Å². The Hall–Kier alpha value is -0.120. The lowest BCUT2D eigenvalue weighted by Crippen LogP contribution is -2.51. The van der Waals surface area contributed by atoms with E-state index in [0.29, 0.717) is 6.10 Å². The maximum absolute atomic E-state index is 5.79. The van der Waals surface area contributed by atoms with E-state index in [1.807, 2.05) is 7.05 Å². The summed E-state index contributed by atoms with van der Waals surface area (Å²) < 4.78 is 5.79. The average Bonchev–Trinajstić information content (AvgIpc) is 2.41. The van der Waals surface area contributed by atoms with Gasteiger partial charge in [-0.05, 0) is 38.6 Å². The van der Waals surface area contributed by atoms with Crippen LogP contribution in [0.1, 0.15) is 45.4 Å². The van der Waals surface area contributed by atoms with Crippen LogP contribution in [-0.4, -0.2) is 50.3 Å².